The minimum Gasteiger partial charge on any atom is -0.306 e. The highest BCUT2D eigenvalue weighted by Crippen LogP contribution is 2.04. The minimum absolute atomic E-state index is 0.994. The van der Waals surface area contributed by atoms with Gasteiger partial charge in [-0.15, -0.1) is 0 Å². The van der Waals surface area contributed by atoms with Crippen LogP contribution in [0, 0.1) is 6.92 Å². The summed E-state index contributed by atoms with van der Waals surface area (Å²) in [6.45, 7) is 3.10. The number of rotatable bonds is 3. The first-order valence-electron chi connectivity index (χ1n) is 4.56. The topological polar surface area (TPSA) is 3.24 Å². The molecule has 1 aromatic rings. The third kappa shape index (κ3) is 3.90. The molecule has 0 spiro atoms. The van der Waals surface area contributed by atoms with E-state index in [9.17, 15) is 0 Å². The fourth-order valence-electron chi connectivity index (χ4n) is 1.08. The van der Waals surface area contributed by atoms with E-state index in [1.54, 1.807) is 0 Å². The van der Waals surface area contributed by atoms with Crippen LogP contribution in [0.25, 0.3) is 6.08 Å². The Balaban J connectivity index is 2.54. The van der Waals surface area contributed by atoms with E-state index in [0.717, 1.165) is 6.54 Å². The fraction of sp³-hybridized carbons (Fsp3) is 0.333. The molecule has 1 nitrogen and oxygen atoms in total. The predicted octanol–water partition coefficient (Wildman–Crippen LogP) is 2.57. The second kappa shape index (κ2) is 4.83. The SMILES string of the molecule is Cc1ccc(/C=C/CN(C)C)cc1. The van der Waals surface area contributed by atoms with E-state index in [-0.39, 0.29) is 0 Å². The number of likely N-dealkylation sites (N-methyl/N-ethyl adjacent to an activating group) is 1. The van der Waals surface area contributed by atoms with Crippen molar-refractivity contribution in [3.8, 4) is 0 Å². The zero-order chi connectivity index (χ0) is 9.68. The van der Waals surface area contributed by atoms with Crippen molar-refractivity contribution in [2.24, 2.45) is 0 Å². The van der Waals surface area contributed by atoms with Crippen molar-refractivity contribution in [3.63, 3.8) is 0 Å². The van der Waals surface area contributed by atoms with Gasteiger partial charge in [0.05, 0.1) is 0 Å². The van der Waals surface area contributed by atoms with Gasteiger partial charge in [-0.1, -0.05) is 42.0 Å². The zero-order valence-corrected chi connectivity index (χ0v) is 8.62. The molecule has 0 atom stereocenters. The summed E-state index contributed by atoms with van der Waals surface area (Å²) in [6, 6.07) is 8.55. The summed E-state index contributed by atoms with van der Waals surface area (Å²) in [6.07, 6.45) is 4.32. The first-order valence-corrected chi connectivity index (χ1v) is 4.56. The van der Waals surface area contributed by atoms with Crippen LogP contribution in [-0.4, -0.2) is 25.5 Å². The highest BCUT2D eigenvalue weighted by Gasteiger charge is 1.86. The second-order valence-electron chi connectivity index (χ2n) is 3.58. The van der Waals surface area contributed by atoms with Gasteiger partial charge in [0.25, 0.3) is 0 Å². The lowest BCUT2D eigenvalue weighted by atomic mass is 10.1. The van der Waals surface area contributed by atoms with Crippen molar-refractivity contribution in [1.82, 2.24) is 4.90 Å². The Morgan fingerprint density at radius 2 is 1.77 bits per heavy atom. The molecule has 0 fully saturated rings. The Morgan fingerprint density at radius 1 is 1.15 bits per heavy atom. The first kappa shape index (κ1) is 10.0. The maximum Gasteiger partial charge on any atom is 0.0160 e. The van der Waals surface area contributed by atoms with Gasteiger partial charge in [0.1, 0.15) is 0 Å². The summed E-state index contributed by atoms with van der Waals surface area (Å²) < 4.78 is 0. The number of benzene rings is 1. The summed E-state index contributed by atoms with van der Waals surface area (Å²) in [5.74, 6) is 0. The highest BCUT2D eigenvalue weighted by molar-refractivity contribution is 5.49. The molecule has 0 heterocycles. The van der Waals surface area contributed by atoms with E-state index < -0.39 is 0 Å². The number of nitrogens with zero attached hydrogens (tertiary/aromatic N) is 1. The molecule has 0 unspecified atom stereocenters. The molecule has 1 heteroatoms. The molecule has 0 bridgehead atoms. The predicted molar refractivity (Wildman–Crippen MR) is 58.8 cm³/mol. The Kier molecular flexibility index (Phi) is 3.71. The number of hydrogen-bond acceptors (Lipinski definition) is 1. The smallest absolute Gasteiger partial charge is 0.0160 e. The lowest BCUT2D eigenvalue weighted by Crippen LogP contribution is -2.10. The van der Waals surface area contributed by atoms with E-state index in [1.807, 2.05) is 0 Å². The number of aryl methyl sites for hydroxylation is 1. The average molecular weight is 175 g/mol. The molecule has 0 aliphatic heterocycles. The zero-order valence-electron chi connectivity index (χ0n) is 8.62. The average Bonchev–Trinajstić information content (AvgIpc) is 2.08. The molecular formula is C12H17N. The standard InChI is InChI=1S/C12H17N/c1-11-6-8-12(9-7-11)5-4-10-13(2)3/h4-9H,10H2,1-3H3/b5-4+. The molecule has 0 saturated carbocycles. The van der Waals surface area contributed by atoms with Crippen LogP contribution in [0.4, 0.5) is 0 Å². The number of hydrogen-bond donors (Lipinski definition) is 0. The Labute approximate surface area is 80.7 Å². The first-order chi connectivity index (χ1) is 6.18. The Bertz CT molecular complexity index is 270. The van der Waals surface area contributed by atoms with Gasteiger partial charge in [-0.05, 0) is 26.6 Å². The quantitative estimate of drug-likeness (QED) is 0.682. The second-order valence-corrected chi connectivity index (χ2v) is 3.58. The largest absolute Gasteiger partial charge is 0.306 e. The van der Waals surface area contributed by atoms with E-state index in [1.165, 1.54) is 11.1 Å². The van der Waals surface area contributed by atoms with Crippen LogP contribution in [0.2, 0.25) is 0 Å². The van der Waals surface area contributed by atoms with E-state index in [0.29, 0.717) is 0 Å². The summed E-state index contributed by atoms with van der Waals surface area (Å²) in [7, 11) is 4.14. The van der Waals surface area contributed by atoms with Crippen molar-refractivity contribution in [3.05, 3.63) is 41.5 Å². The Hall–Kier alpha value is -1.08. The van der Waals surface area contributed by atoms with Gasteiger partial charge in [0.2, 0.25) is 0 Å². The van der Waals surface area contributed by atoms with E-state index in [2.05, 4.69) is 62.3 Å². The summed E-state index contributed by atoms with van der Waals surface area (Å²) in [4.78, 5) is 2.14. The van der Waals surface area contributed by atoms with Crippen LogP contribution >= 0.6 is 0 Å². The molecule has 13 heavy (non-hydrogen) atoms. The van der Waals surface area contributed by atoms with Gasteiger partial charge in [0.15, 0.2) is 0 Å². The van der Waals surface area contributed by atoms with E-state index in [4.69, 9.17) is 0 Å². The van der Waals surface area contributed by atoms with Crippen molar-refractivity contribution in [2.45, 2.75) is 6.92 Å². The molecule has 0 radical (unpaired) electrons. The van der Waals surface area contributed by atoms with Gasteiger partial charge >= 0.3 is 0 Å². The van der Waals surface area contributed by atoms with Gasteiger partial charge in [-0.3, -0.25) is 0 Å². The molecule has 0 amide bonds. The highest BCUT2D eigenvalue weighted by atomic mass is 15.0. The molecular weight excluding hydrogens is 158 g/mol. The van der Waals surface area contributed by atoms with Gasteiger partial charge in [-0.25, -0.2) is 0 Å². The van der Waals surface area contributed by atoms with Crippen LogP contribution < -0.4 is 0 Å². The van der Waals surface area contributed by atoms with Crippen LogP contribution in [0.1, 0.15) is 11.1 Å². The van der Waals surface area contributed by atoms with Crippen molar-refractivity contribution >= 4 is 6.08 Å². The van der Waals surface area contributed by atoms with Crippen LogP contribution in [0.5, 0.6) is 0 Å². The monoisotopic (exact) mass is 175 g/mol. The normalized spacial score (nSPS) is 11.4. The Morgan fingerprint density at radius 3 is 2.31 bits per heavy atom. The lowest BCUT2D eigenvalue weighted by Gasteiger charge is -2.03. The molecule has 70 valence electrons. The van der Waals surface area contributed by atoms with Gasteiger partial charge in [0, 0.05) is 6.54 Å². The third-order valence-electron chi connectivity index (χ3n) is 1.86. The van der Waals surface area contributed by atoms with Gasteiger partial charge < -0.3 is 4.90 Å². The van der Waals surface area contributed by atoms with Gasteiger partial charge in [-0.2, -0.15) is 0 Å². The molecule has 0 aromatic heterocycles. The maximum absolute atomic E-state index is 2.17. The summed E-state index contributed by atoms with van der Waals surface area (Å²) in [5, 5.41) is 0. The fourth-order valence-corrected chi connectivity index (χ4v) is 1.08. The van der Waals surface area contributed by atoms with E-state index >= 15 is 0 Å². The molecule has 0 saturated heterocycles. The summed E-state index contributed by atoms with van der Waals surface area (Å²) >= 11 is 0. The van der Waals surface area contributed by atoms with Crippen molar-refractivity contribution in [2.75, 3.05) is 20.6 Å². The minimum atomic E-state index is 0.994. The molecule has 0 aliphatic carbocycles. The molecule has 0 N–H and O–H groups in total. The van der Waals surface area contributed by atoms with Crippen LogP contribution in [0.15, 0.2) is 30.3 Å². The lowest BCUT2D eigenvalue weighted by molar-refractivity contribution is 0.457. The van der Waals surface area contributed by atoms with Crippen LogP contribution in [0.3, 0.4) is 0 Å². The van der Waals surface area contributed by atoms with Crippen molar-refractivity contribution in [1.29, 1.82) is 0 Å². The maximum atomic E-state index is 2.17. The molecule has 0 aliphatic rings. The van der Waals surface area contributed by atoms with Crippen LogP contribution in [-0.2, 0) is 0 Å². The molecule has 1 aromatic carbocycles. The summed E-state index contributed by atoms with van der Waals surface area (Å²) in [5.41, 5.74) is 2.58. The van der Waals surface area contributed by atoms with Crippen molar-refractivity contribution < 1.29 is 0 Å². The third-order valence-corrected chi connectivity index (χ3v) is 1.86. The molecule has 1 rings (SSSR count).